The zero-order valence-corrected chi connectivity index (χ0v) is 11.0. The van der Waals surface area contributed by atoms with E-state index in [4.69, 9.17) is 0 Å². The fraction of sp³-hybridized carbons (Fsp3) is 0.385. The van der Waals surface area contributed by atoms with Gasteiger partial charge in [-0.1, -0.05) is 13.0 Å². The molecule has 2 amide bonds. The molecule has 0 radical (unpaired) electrons. The molecule has 0 fully saturated rings. The number of carbonyl (C=O) groups is 2. The van der Waals surface area contributed by atoms with Crippen LogP contribution < -0.4 is 10.6 Å². The standard InChI is InChI=1S/C13H19N3O2/c1-4-14-9-12(17)15-11-7-5-6-10(8-11)13(18)16(2)3/h5-8,14H,4,9H2,1-3H3,(H,15,17). The Bertz CT molecular complexity index is 430. The van der Waals surface area contributed by atoms with Crippen molar-refractivity contribution < 1.29 is 9.59 Å². The van der Waals surface area contributed by atoms with Gasteiger partial charge in [0.2, 0.25) is 5.91 Å². The van der Waals surface area contributed by atoms with Crippen LogP contribution in [0.3, 0.4) is 0 Å². The third kappa shape index (κ3) is 4.18. The lowest BCUT2D eigenvalue weighted by Crippen LogP contribution is -2.28. The molecule has 98 valence electrons. The quantitative estimate of drug-likeness (QED) is 0.816. The fourth-order valence-electron chi connectivity index (χ4n) is 1.43. The first-order valence-electron chi connectivity index (χ1n) is 5.87. The lowest BCUT2D eigenvalue weighted by molar-refractivity contribution is -0.115. The van der Waals surface area contributed by atoms with E-state index in [2.05, 4.69) is 10.6 Å². The third-order valence-corrected chi connectivity index (χ3v) is 2.34. The lowest BCUT2D eigenvalue weighted by atomic mass is 10.2. The van der Waals surface area contributed by atoms with Crippen LogP contribution in [0.1, 0.15) is 17.3 Å². The summed E-state index contributed by atoms with van der Waals surface area (Å²) < 4.78 is 0. The van der Waals surface area contributed by atoms with Gasteiger partial charge in [0.05, 0.1) is 6.54 Å². The SMILES string of the molecule is CCNCC(=O)Nc1cccc(C(=O)N(C)C)c1. The van der Waals surface area contributed by atoms with E-state index in [0.29, 0.717) is 11.3 Å². The number of hydrogen-bond donors (Lipinski definition) is 2. The van der Waals surface area contributed by atoms with Gasteiger partial charge in [-0.2, -0.15) is 0 Å². The van der Waals surface area contributed by atoms with E-state index >= 15 is 0 Å². The van der Waals surface area contributed by atoms with E-state index < -0.39 is 0 Å². The van der Waals surface area contributed by atoms with Crippen molar-refractivity contribution in [3.8, 4) is 0 Å². The zero-order valence-electron chi connectivity index (χ0n) is 11.0. The summed E-state index contributed by atoms with van der Waals surface area (Å²) in [5.41, 5.74) is 1.19. The zero-order chi connectivity index (χ0) is 13.5. The maximum Gasteiger partial charge on any atom is 0.253 e. The molecule has 1 aromatic carbocycles. The maximum absolute atomic E-state index is 11.8. The molecule has 5 heteroatoms. The number of anilines is 1. The van der Waals surface area contributed by atoms with Gasteiger partial charge in [-0.15, -0.1) is 0 Å². The van der Waals surface area contributed by atoms with Crippen molar-refractivity contribution in [2.24, 2.45) is 0 Å². The Hall–Kier alpha value is -1.88. The Labute approximate surface area is 107 Å². The number of nitrogens with zero attached hydrogens (tertiary/aromatic N) is 1. The smallest absolute Gasteiger partial charge is 0.253 e. The Kier molecular flexibility index (Phi) is 5.32. The largest absolute Gasteiger partial charge is 0.345 e. The Balaban J connectivity index is 2.70. The highest BCUT2D eigenvalue weighted by Crippen LogP contribution is 2.11. The molecule has 1 rings (SSSR count). The average molecular weight is 249 g/mol. The van der Waals surface area contributed by atoms with Crippen LogP contribution in [0.5, 0.6) is 0 Å². The van der Waals surface area contributed by atoms with E-state index in [1.165, 1.54) is 4.90 Å². The van der Waals surface area contributed by atoms with E-state index in [0.717, 1.165) is 6.54 Å². The van der Waals surface area contributed by atoms with Gasteiger partial charge in [0, 0.05) is 25.3 Å². The van der Waals surface area contributed by atoms with Crippen LogP contribution in [0.15, 0.2) is 24.3 Å². The molecule has 0 saturated heterocycles. The predicted octanol–water partition coefficient (Wildman–Crippen LogP) is 0.936. The molecule has 2 N–H and O–H groups in total. The lowest BCUT2D eigenvalue weighted by Gasteiger charge is -2.11. The highest BCUT2D eigenvalue weighted by Gasteiger charge is 2.09. The second kappa shape index (κ2) is 6.76. The van der Waals surface area contributed by atoms with Crippen LogP contribution >= 0.6 is 0 Å². The highest BCUT2D eigenvalue weighted by atomic mass is 16.2. The first kappa shape index (κ1) is 14.2. The summed E-state index contributed by atoms with van der Waals surface area (Å²) in [5, 5.41) is 5.68. The maximum atomic E-state index is 11.8. The minimum absolute atomic E-state index is 0.0854. The number of carbonyl (C=O) groups excluding carboxylic acids is 2. The monoisotopic (exact) mass is 249 g/mol. The summed E-state index contributed by atoms with van der Waals surface area (Å²) in [7, 11) is 3.39. The molecular formula is C13H19N3O2. The number of nitrogens with one attached hydrogen (secondary N) is 2. The molecule has 0 aliphatic heterocycles. The Morgan fingerprint density at radius 2 is 2.00 bits per heavy atom. The van der Waals surface area contributed by atoms with Gasteiger partial charge in [-0.3, -0.25) is 9.59 Å². The first-order valence-corrected chi connectivity index (χ1v) is 5.87. The van der Waals surface area contributed by atoms with Gasteiger partial charge in [0.25, 0.3) is 5.91 Å². The van der Waals surface area contributed by atoms with E-state index in [9.17, 15) is 9.59 Å². The fourth-order valence-corrected chi connectivity index (χ4v) is 1.43. The van der Waals surface area contributed by atoms with Crippen LogP contribution in [0, 0.1) is 0 Å². The van der Waals surface area contributed by atoms with E-state index in [1.807, 2.05) is 6.92 Å². The highest BCUT2D eigenvalue weighted by molar-refractivity contribution is 5.97. The topological polar surface area (TPSA) is 61.4 Å². The molecule has 0 unspecified atom stereocenters. The van der Waals surface area contributed by atoms with Gasteiger partial charge >= 0.3 is 0 Å². The van der Waals surface area contributed by atoms with Crippen LogP contribution in [0.4, 0.5) is 5.69 Å². The molecule has 0 saturated carbocycles. The third-order valence-electron chi connectivity index (χ3n) is 2.34. The van der Waals surface area contributed by atoms with Crippen molar-refractivity contribution in [2.75, 3.05) is 32.5 Å². The van der Waals surface area contributed by atoms with Crippen LogP contribution in [-0.2, 0) is 4.79 Å². The van der Waals surface area contributed by atoms with Gasteiger partial charge in [0.1, 0.15) is 0 Å². The molecule has 0 aliphatic rings. The van der Waals surface area contributed by atoms with Crippen molar-refractivity contribution in [3.63, 3.8) is 0 Å². The molecule has 0 bridgehead atoms. The first-order chi connectivity index (χ1) is 8.54. The number of amides is 2. The normalized spacial score (nSPS) is 9.94. The number of likely N-dealkylation sites (N-methyl/N-ethyl adjacent to an activating group) is 1. The summed E-state index contributed by atoms with van der Waals surface area (Å²) in [4.78, 5) is 24.8. The van der Waals surface area contributed by atoms with Crippen molar-refractivity contribution in [1.82, 2.24) is 10.2 Å². The van der Waals surface area contributed by atoms with Gasteiger partial charge in [0.15, 0.2) is 0 Å². The van der Waals surface area contributed by atoms with Crippen molar-refractivity contribution in [1.29, 1.82) is 0 Å². The van der Waals surface area contributed by atoms with Crippen LogP contribution in [-0.4, -0.2) is 43.9 Å². The summed E-state index contributed by atoms with van der Waals surface area (Å²) in [6.45, 7) is 2.94. The minimum atomic E-state index is -0.119. The number of rotatable bonds is 5. The van der Waals surface area contributed by atoms with Crippen LogP contribution in [0.2, 0.25) is 0 Å². The summed E-state index contributed by atoms with van der Waals surface area (Å²) >= 11 is 0. The Morgan fingerprint density at radius 1 is 1.28 bits per heavy atom. The number of hydrogen-bond acceptors (Lipinski definition) is 3. The van der Waals surface area contributed by atoms with Crippen molar-refractivity contribution in [2.45, 2.75) is 6.92 Å². The molecule has 0 aliphatic carbocycles. The van der Waals surface area contributed by atoms with Crippen molar-refractivity contribution >= 4 is 17.5 Å². The second-order valence-corrected chi connectivity index (χ2v) is 4.11. The summed E-state index contributed by atoms with van der Waals surface area (Å²) in [5.74, 6) is -0.205. The average Bonchev–Trinajstić information content (AvgIpc) is 2.35. The van der Waals surface area contributed by atoms with E-state index in [-0.39, 0.29) is 18.4 Å². The second-order valence-electron chi connectivity index (χ2n) is 4.11. The molecule has 0 heterocycles. The molecular weight excluding hydrogens is 230 g/mol. The van der Waals surface area contributed by atoms with Gasteiger partial charge in [-0.25, -0.2) is 0 Å². The molecule has 0 atom stereocenters. The van der Waals surface area contributed by atoms with Gasteiger partial charge in [-0.05, 0) is 24.7 Å². The molecule has 5 nitrogen and oxygen atoms in total. The predicted molar refractivity (Wildman–Crippen MR) is 71.6 cm³/mol. The molecule has 18 heavy (non-hydrogen) atoms. The Morgan fingerprint density at radius 3 is 2.61 bits per heavy atom. The molecule has 1 aromatic rings. The van der Waals surface area contributed by atoms with Crippen LogP contribution in [0.25, 0.3) is 0 Å². The van der Waals surface area contributed by atoms with Gasteiger partial charge < -0.3 is 15.5 Å². The van der Waals surface area contributed by atoms with Crippen molar-refractivity contribution in [3.05, 3.63) is 29.8 Å². The molecule has 0 spiro atoms. The minimum Gasteiger partial charge on any atom is -0.345 e. The van der Waals surface area contributed by atoms with E-state index in [1.54, 1.807) is 38.4 Å². The molecule has 0 aromatic heterocycles. The number of benzene rings is 1. The summed E-state index contributed by atoms with van der Waals surface area (Å²) in [6, 6.07) is 6.91. The summed E-state index contributed by atoms with van der Waals surface area (Å²) in [6.07, 6.45) is 0.